The van der Waals surface area contributed by atoms with Crippen LogP contribution >= 0.6 is 0 Å². The highest BCUT2D eigenvalue weighted by Gasteiger charge is 2.50. The minimum absolute atomic E-state index is 0.350. The monoisotopic (exact) mass is 276 g/mol. The number of aliphatic hydroxyl groups is 1. The van der Waals surface area contributed by atoms with Crippen LogP contribution in [0.1, 0.15) is 33.6 Å². The fourth-order valence-corrected chi connectivity index (χ4v) is 2.20. The number of hydrogen-bond acceptors (Lipinski definition) is 6. The van der Waals surface area contributed by atoms with Crippen LogP contribution in [0.3, 0.4) is 0 Å². The SMILES string of the molecule is CCOC1(CC)OCC2(COC(O)(CC)OC2)CO1. The molecule has 0 bridgehead atoms. The zero-order chi connectivity index (χ0) is 14.0. The second-order valence-electron chi connectivity index (χ2n) is 5.19. The molecule has 2 saturated heterocycles. The molecule has 1 spiro atoms. The van der Waals surface area contributed by atoms with Crippen LogP contribution in [-0.4, -0.2) is 50.1 Å². The van der Waals surface area contributed by atoms with E-state index in [0.29, 0.717) is 45.9 Å². The van der Waals surface area contributed by atoms with Crippen molar-refractivity contribution in [2.75, 3.05) is 33.0 Å². The molecule has 0 aromatic heterocycles. The summed E-state index contributed by atoms with van der Waals surface area (Å²) in [5.41, 5.74) is -0.364. The van der Waals surface area contributed by atoms with Crippen LogP contribution in [0.4, 0.5) is 0 Å². The van der Waals surface area contributed by atoms with E-state index < -0.39 is 11.9 Å². The Labute approximate surface area is 113 Å². The summed E-state index contributed by atoms with van der Waals surface area (Å²) in [5.74, 6) is -2.41. The van der Waals surface area contributed by atoms with Crippen molar-refractivity contribution < 1.29 is 28.8 Å². The molecule has 0 aliphatic carbocycles. The maximum absolute atomic E-state index is 9.88. The fraction of sp³-hybridized carbons (Fsp3) is 1.00. The molecule has 0 radical (unpaired) electrons. The predicted octanol–water partition coefficient (Wildman–Crippen LogP) is 1.22. The Balaban J connectivity index is 1.93. The van der Waals surface area contributed by atoms with Gasteiger partial charge < -0.3 is 28.8 Å². The first-order chi connectivity index (χ1) is 9.01. The van der Waals surface area contributed by atoms with Crippen LogP contribution in [0.25, 0.3) is 0 Å². The molecule has 0 aromatic carbocycles. The highest BCUT2D eigenvalue weighted by Crippen LogP contribution is 2.38. The van der Waals surface area contributed by atoms with Crippen molar-refractivity contribution in [2.24, 2.45) is 5.41 Å². The normalized spacial score (nSPS) is 43.6. The Bertz CT molecular complexity index is 288. The van der Waals surface area contributed by atoms with Crippen LogP contribution in [0.15, 0.2) is 0 Å². The van der Waals surface area contributed by atoms with Crippen molar-refractivity contribution in [1.82, 2.24) is 0 Å². The van der Waals surface area contributed by atoms with Gasteiger partial charge in [0.1, 0.15) is 0 Å². The van der Waals surface area contributed by atoms with Gasteiger partial charge in [0.15, 0.2) is 0 Å². The van der Waals surface area contributed by atoms with Crippen molar-refractivity contribution in [2.45, 2.75) is 45.6 Å². The van der Waals surface area contributed by atoms with Gasteiger partial charge in [0, 0.05) is 19.4 Å². The van der Waals surface area contributed by atoms with Gasteiger partial charge in [-0.1, -0.05) is 13.8 Å². The van der Waals surface area contributed by atoms with Crippen LogP contribution in [0.5, 0.6) is 0 Å². The standard InChI is InChI=1S/C13H24O6/c1-4-12(14)16-7-11(8-17-12)9-18-13(5-2,15-6-3)19-10-11/h14H,4-10H2,1-3H3. The number of hydrogen-bond donors (Lipinski definition) is 1. The zero-order valence-corrected chi connectivity index (χ0v) is 11.9. The van der Waals surface area contributed by atoms with Gasteiger partial charge in [-0.3, -0.25) is 0 Å². The largest absolute Gasteiger partial charge is 0.343 e. The molecule has 2 fully saturated rings. The van der Waals surface area contributed by atoms with Gasteiger partial charge in [0.2, 0.25) is 0 Å². The molecule has 0 unspecified atom stereocenters. The maximum Gasteiger partial charge on any atom is 0.282 e. The highest BCUT2D eigenvalue weighted by molar-refractivity contribution is 4.86. The van der Waals surface area contributed by atoms with Gasteiger partial charge in [-0.15, -0.1) is 0 Å². The van der Waals surface area contributed by atoms with Gasteiger partial charge in [0.05, 0.1) is 31.8 Å². The summed E-state index contributed by atoms with van der Waals surface area (Å²) in [6.45, 7) is 7.76. The molecule has 2 rings (SSSR count). The Hall–Kier alpha value is -0.240. The van der Waals surface area contributed by atoms with E-state index in [1.807, 2.05) is 20.8 Å². The van der Waals surface area contributed by atoms with E-state index >= 15 is 0 Å². The molecule has 0 saturated carbocycles. The summed E-state index contributed by atoms with van der Waals surface area (Å²) >= 11 is 0. The molecule has 0 atom stereocenters. The van der Waals surface area contributed by atoms with Gasteiger partial charge in [0.25, 0.3) is 11.9 Å². The van der Waals surface area contributed by atoms with Crippen molar-refractivity contribution in [1.29, 1.82) is 0 Å². The lowest BCUT2D eigenvalue weighted by Crippen LogP contribution is -2.59. The van der Waals surface area contributed by atoms with E-state index in [0.717, 1.165) is 0 Å². The van der Waals surface area contributed by atoms with E-state index in [2.05, 4.69) is 0 Å². The first kappa shape index (κ1) is 15.2. The van der Waals surface area contributed by atoms with Crippen molar-refractivity contribution >= 4 is 0 Å². The van der Waals surface area contributed by atoms with Crippen LogP contribution in [0.2, 0.25) is 0 Å². The molecular formula is C13H24O6. The molecule has 6 nitrogen and oxygen atoms in total. The van der Waals surface area contributed by atoms with Gasteiger partial charge in [-0.25, -0.2) is 0 Å². The first-order valence-electron chi connectivity index (χ1n) is 6.93. The number of ether oxygens (including phenoxy) is 5. The molecule has 0 aromatic rings. The van der Waals surface area contributed by atoms with E-state index in [-0.39, 0.29) is 5.41 Å². The summed E-state index contributed by atoms with van der Waals surface area (Å²) in [6, 6.07) is 0. The molecule has 112 valence electrons. The van der Waals surface area contributed by atoms with Gasteiger partial charge in [-0.05, 0) is 6.92 Å². The third-order valence-electron chi connectivity index (χ3n) is 3.65. The molecule has 0 amide bonds. The van der Waals surface area contributed by atoms with Crippen LogP contribution in [0, 0.1) is 5.41 Å². The van der Waals surface area contributed by atoms with E-state index in [4.69, 9.17) is 23.7 Å². The Kier molecular flexibility index (Phi) is 4.49. The van der Waals surface area contributed by atoms with E-state index in [1.54, 1.807) is 0 Å². The molecule has 6 heteroatoms. The van der Waals surface area contributed by atoms with Crippen LogP contribution in [-0.2, 0) is 23.7 Å². The fourth-order valence-electron chi connectivity index (χ4n) is 2.20. The lowest BCUT2D eigenvalue weighted by molar-refractivity contribution is -0.458. The summed E-state index contributed by atoms with van der Waals surface area (Å²) < 4.78 is 27.9. The lowest BCUT2D eigenvalue weighted by atomic mass is 9.90. The lowest BCUT2D eigenvalue weighted by Gasteiger charge is -2.48. The predicted molar refractivity (Wildman–Crippen MR) is 66.1 cm³/mol. The number of rotatable bonds is 4. The van der Waals surface area contributed by atoms with E-state index in [1.165, 1.54) is 0 Å². The van der Waals surface area contributed by atoms with Crippen molar-refractivity contribution in [3.8, 4) is 0 Å². The van der Waals surface area contributed by atoms with Crippen LogP contribution < -0.4 is 0 Å². The third-order valence-corrected chi connectivity index (χ3v) is 3.65. The molecular weight excluding hydrogens is 252 g/mol. The van der Waals surface area contributed by atoms with E-state index in [9.17, 15) is 5.11 Å². The molecule has 2 aliphatic rings. The molecule has 19 heavy (non-hydrogen) atoms. The highest BCUT2D eigenvalue weighted by atomic mass is 16.9. The minimum Gasteiger partial charge on any atom is -0.343 e. The summed E-state index contributed by atoms with van der Waals surface area (Å²) in [5, 5.41) is 9.88. The smallest absolute Gasteiger partial charge is 0.282 e. The Morgan fingerprint density at radius 1 is 0.895 bits per heavy atom. The molecule has 1 N–H and O–H groups in total. The third kappa shape index (κ3) is 3.09. The summed E-state index contributed by atoms with van der Waals surface area (Å²) in [4.78, 5) is 0. The van der Waals surface area contributed by atoms with Gasteiger partial charge in [-0.2, -0.15) is 0 Å². The summed E-state index contributed by atoms with van der Waals surface area (Å²) in [7, 11) is 0. The Morgan fingerprint density at radius 2 is 1.42 bits per heavy atom. The van der Waals surface area contributed by atoms with Crippen molar-refractivity contribution in [3.05, 3.63) is 0 Å². The summed E-state index contributed by atoms with van der Waals surface area (Å²) in [6.07, 6.45) is 1.01. The average molecular weight is 276 g/mol. The molecule has 2 heterocycles. The Morgan fingerprint density at radius 3 is 1.84 bits per heavy atom. The van der Waals surface area contributed by atoms with Gasteiger partial charge >= 0.3 is 0 Å². The maximum atomic E-state index is 9.88. The topological polar surface area (TPSA) is 66.4 Å². The van der Waals surface area contributed by atoms with Crippen molar-refractivity contribution in [3.63, 3.8) is 0 Å². The average Bonchev–Trinajstić information content (AvgIpc) is 2.46. The second-order valence-corrected chi connectivity index (χ2v) is 5.19. The molecule has 2 aliphatic heterocycles. The quantitative estimate of drug-likeness (QED) is 0.833. The second kappa shape index (κ2) is 5.63. The minimum atomic E-state index is -1.47. The zero-order valence-electron chi connectivity index (χ0n) is 11.9. The first-order valence-corrected chi connectivity index (χ1v) is 6.93.